The van der Waals surface area contributed by atoms with E-state index >= 15 is 0 Å². The van der Waals surface area contributed by atoms with Crippen molar-refractivity contribution in [3.8, 4) is 0 Å². The number of benzene rings is 1. The number of nitrogens with two attached hydrogens (primary N) is 2. The predicted octanol–water partition coefficient (Wildman–Crippen LogP) is -0.127. The van der Waals surface area contributed by atoms with Crippen molar-refractivity contribution in [3.05, 3.63) is 36.0 Å². The van der Waals surface area contributed by atoms with Gasteiger partial charge in [-0.2, -0.15) is 0 Å². The van der Waals surface area contributed by atoms with Crippen molar-refractivity contribution < 1.29 is 19.5 Å². The lowest BCUT2D eigenvalue weighted by Crippen LogP contribution is -2.45. The molecule has 0 aliphatic carbocycles. The number of imide groups is 1. The second kappa shape index (κ2) is 7.71. The van der Waals surface area contributed by atoms with Gasteiger partial charge in [-0.3, -0.25) is 19.7 Å². The SMILES string of the molecule is NC(CCC(=O)NC(=O)C(N)Cc1c[nH]c2ccccc12)C(=O)O. The zero-order chi connectivity index (χ0) is 17.7. The highest BCUT2D eigenvalue weighted by Crippen LogP contribution is 2.18. The Morgan fingerprint density at radius 2 is 1.88 bits per heavy atom. The number of aliphatic carboxylic acids is 1. The standard InChI is InChI=1S/C16H20N4O4/c17-11(16(23)24)5-6-14(21)20-15(22)12(18)7-9-8-19-13-4-2-1-3-10(9)13/h1-4,8,11-12,19H,5-7,17-18H2,(H,23,24)(H,20,21,22). The Morgan fingerprint density at radius 1 is 1.17 bits per heavy atom. The van der Waals surface area contributed by atoms with Gasteiger partial charge in [-0.1, -0.05) is 18.2 Å². The molecule has 8 heteroatoms. The normalized spacial score (nSPS) is 13.4. The van der Waals surface area contributed by atoms with Gasteiger partial charge in [0.2, 0.25) is 11.8 Å². The van der Waals surface area contributed by atoms with Gasteiger partial charge < -0.3 is 21.6 Å². The van der Waals surface area contributed by atoms with Crippen LogP contribution in [0.2, 0.25) is 0 Å². The third-order valence-electron chi connectivity index (χ3n) is 3.71. The average Bonchev–Trinajstić information content (AvgIpc) is 2.95. The summed E-state index contributed by atoms with van der Waals surface area (Å²) in [6.45, 7) is 0. The highest BCUT2D eigenvalue weighted by atomic mass is 16.4. The van der Waals surface area contributed by atoms with Crippen molar-refractivity contribution in [3.63, 3.8) is 0 Å². The number of para-hydroxylation sites is 1. The van der Waals surface area contributed by atoms with Crippen LogP contribution in [0.4, 0.5) is 0 Å². The van der Waals surface area contributed by atoms with E-state index in [2.05, 4.69) is 10.3 Å². The summed E-state index contributed by atoms with van der Waals surface area (Å²) < 4.78 is 0. The molecule has 2 unspecified atom stereocenters. The zero-order valence-electron chi connectivity index (χ0n) is 13.0. The molecule has 1 heterocycles. The number of hydrogen-bond acceptors (Lipinski definition) is 5. The molecule has 0 bridgehead atoms. The Labute approximate surface area is 138 Å². The van der Waals surface area contributed by atoms with Gasteiger partial charge in [-0.15, -0.1) is 0 Å². The van der Waals surface area contributed by atoms with Gasteiger partial charge in [0.15, 0.2) is 0 Å². The molecule has 24 heavy (non-hydrogen) atoms. The molecule has 0 fully saturated rings. The van der Waals surface area contributed by atoms with Gasteiger partial charge >= 0.3 is 5.97 Å². The lowest BCUT2D eigenvalue weighted by molar-refractivity contribution is -0.138. The third-order valence-corrected chi connectivity index (χ3v) is 3.71. The molecule has 0 saturated carbocycles. The summed E-state index contributed by atoms with van der Waals surface area (Å²) in [6.07, 6.45) is 1.86. The molecule has 0 aliphatic heterocycles. The Morgan fingerprint density at radius 3 is 2.58 bits per heavy atom. The van der Waals surface area contributed by atoms with Crippen LogP contribution in [-0.2, 0) is 20.8 Å². The molecule has 2 amide bonds. The summed E-state index contributed by atoms with van der Waals surface area (Å²) in [5, 5.41) is 11.8. The number of fused-ring (bicyclic) bond motifs is 1. The van der Waals surface area contributed by atoms with E-state index in [0.717, 1.165) is 16.5 Å². The Hall–Kier alpha value is -2.71. The molecule has 7 N–H and O–H groups in total. The van der Waals surface area contributed by atoms with Crippen LogP contribution in [0, 0.1) is 0 Å². The minimum atomic E-state index is -1.19. The Kier molecular flexibility index (Phi) is 5.67. The minimum Gasteiger partial charge on any atom is -0.480 e. The number of hydrogen-bond donors (Lipinski definition) is 5. The molecule has 128 valence electrons. The first-order chi connectivity index (χ1) is 11.4. The van der Waals surface area contributed by atoms with Gasteiger partial charge in [0.05, 0.1) is 6.04 Å². The molecule has 0 aliphatic rings. The van der Waals surface area contributed by atoms with Crippen LogP contribution >= 0.6 is 0 Å². The molecular formula is C16H20N4O4. The van der Waals surface area contributed by atoms with Crippen LogP contribution in [0.5, 0.6) is 0 Å². The quantitative estimate of drug-likeness (QED) is 0.476. The highest BCUT2D eigenvalue weighted by molar-refractivity contribution is 5.98. The number of aromatic nitrogens is 1. The highest BCUT2D eigenvalue weighted by Gasteiger charge is 2.19. The average molecular weight is 332 g/mol. The third kappa shape index (κ3) is 4.40. The van der Waals surface area contributed by atoms with Crippen molar-refractivity contribution in [2.45, 2.75) is 31.3 Å². The first-order valence-electron chi connectivity index (χ1n) is 7.51. The van der Waals surface area contributed by atoms with Crippen molar-refractivity contribution in [2.75, 3.05) is 0 Å². The van der Waals surface area contributed by atoms with Gasteiger partial charge in [0, 0.05) is 23.5 Å². The molecule has 0 radical (unpaired) electrons. The fourth-order valence-electron chi connectivity index (χ4n) is 2.33. The molecular weight excluding hydrogens is 312 g/mol. The van der Waals surface area contributed by atoms with E-state index in [1.165, 1.54) is 0 Å². The van der Waals surface area contributed by atoms with E-state index in [9.17, 15) is 14.4 Å². The number of aromatic amines is 1. The number of amides is 2. The number of carboxylic acid groups (broad SMARTS) is 1. The smallest absolute Gasteiger partial charge is 0.320 e. The predicted molar refractivity (Wildman–Crippen MR) is 88.0 cm³/mol. The summed E-state index contributed by atoms with van der Waals surface area (Å²) >= 11 is 0. The fraction of sp³-hybridized carbons (Fsp3) is 0.312. The molecule has 2 atom stereocenters. The van der Waals surface area contributed by atoms with Crippen molar-refractivity contribution in [1.82, 2.24) is 10.3 Å². The second-order valence-corrected chi connectivity index (χ2v) is 5.57. The van der Waals surface area contributed by atoms with Crippen LogP contribution in [0.1, 0.15) is 18.4 Å². The number of carboxylic acids is 1. The lowest BCUT2D eigenvalue weighted by Gasteiger charge is -2.11. The summed E-state index contributed by atoms with van der Waals surface area (Å²) in [5.41, 5.74) is 13.0. The molecule has 0 saturated heterocycles. The maximum Gasteiger partial charge on any atom is 0.320 e. The van der Waals surface area contributed by atoms with Crippen LogP contribution < -0.4 is 16.8 Å². The maximum atomic E-state index is 12.0. The molecule has 2 aromatic rings. The largest absolute Gasteiger partial charge is 0.480 e. The maximum absolute atomic E-state index is 12.0. The first-order valence-corrected chi connectivity index (χ1v) is 7.51. The Bertz CT molecular complexity index is 755. The van der Waals surface area contributed by atoms with E-state index in [1.54, 1.807) is 6.20 Å². The number of carbonyl (C=O) groups excluding carboxylic acids is 2. The first kappa shape index (κ1) is 17.6. The minimum absolute atomic E-state index is 0.0495. The van der Waals surface area contributed by atoms with Gasteiger partial charge in [-0.05, 0) is 24.5 Å². The summed E-state index contributed by atoms with van der Waals surface area (Å²) in [7, 11) is 0. The van der Waals surface area contributed by atoms with Crippen molar-refractivity contribution in [1.29, 1.82) is 0 Å². The Balaban J connectivity index is 1.88. The molecule has 1 aromatic heterocycles. The second-order valence-electron chi connectivity index (χ2n) is 5.57. The van der Waals surface area contributed by atoms with Crippen LogP contribution in [0.25, 0.3) is 10.9 Å². The van der Waals surface area contributed by atoms with E-state index in [0.29, 0.717) is 0 Å². The number of nitrogens with one attached hydrogen (secondary N) is 2. The zero-order valence-corrected chi connectivity index (χ0v) is 13.0. The fourth-order valence-corrected chi connectivity index (χ4v) is 2.33. The number of H-pyrrole nitrogens is 1. The van der Waals surface area contributed by atoms with Crippen LogP contribution in [0.15, 0.2) is 30.5 Å². The van der Waals surface area contributed by atoms with Gasteiger partial charge in [-0.25, -0.2) is 0 Å². The van der Waals surface area contributed by atoms with Gasteiger partial charge in [0.1, 0.15) is 6.04 Å². The van der Waals surface area contributed by atoms with Crippen LogP contribution in [-0.4, -0.2) is 40.0 Å². The van der Waals surface area contributed by atoms with Crippen LogP contribution in [0.3, 0.4) is 0 Å². The van der Waals surface area contributed by atoms with Crippen molar-refractivity contribution in [2.24, 2.45) is 11.5 Å². The van der Waals surface area contributed by atoms with E-state index in [-0.39, 0.29) is 19.3 Å². The van der Waals surface area contributed by atoms with E-state index in [1.807, 2.05) is 24.3 Å². The summed E-state index contributed by atoms with van der Waals surface area (Å²) in [4.78, 5) is 37.3. The number of rotatable bonds is 7. The lowest BCUT2D eigenvalue weighted by atomic mass is 10.0. The monoisotopic (exact) mass is 332 g/mol. The summed E-state index contributed by atoms with van der Waals surface area (Å²) in [6, 6.07) is 5.60. The molecule has 2 rings (SSSR count). The van der Waals surface area contributed by atoms with E-state index in [4.69, 9.17) is 16.6 Å². The topological polar surface area (TPSA) is 151 Å². The van der Waals surface area contributed by atoms with Crippen molar-refractivity contribution >= 4 is 28.7 Å². The molecule has 8 nitrogen and oxygen atoms in total. The molecule has 1 aromatic carbocycles. The molecule has 0 spiro atoms. The number of carbonyl (C=O) groups is 3. The van der Waals surface area contributed by atoms with E-state index < -0.39 is 29.9 Å². The van der Waals surface area contributed by atoms with Gasteiger partial charge in [0.25, 0.3) is 0 Å². The summed E-state index contributed by atoms with van der Waals surface area (Å²) in [5.74, 6) is -2.38.